The van der Waals surface area contributed by atoms with E-state index in [2.05, 4.69) is 22.9 Å². The van der Waals surface area contributed by atoms with Crippen molar-refractivity contribution < 1.29 is 14.3 Å². The van der Waals surface area contributed by atoms with Crippen LogP contribution in [0.25, 0.3) is 0 Å². The van der Waals surface area contributed by atoms with Crippen LogP contribution < -0.4 is 10.6 Å². The Balaban J connectivity index is 1.57. The van der Waals surface area contributed by atoms with E-state index in [1.165, 1.54) is 5.56 Å². The summed E-state index contributed by atoms with van der Waals surface area (Å²) >= 11 is 0. The molecule has 0 aromatic carbocycles. The molecule has 4 atom stereocenters. The molecule has 1 aromatic rings. The molecule has 128 valence electrons. The highest BCUT2D eigenvalue weighted by Crippen LogP contribution is 2.39. The number of amides is 1. The Hall–Kier alpha value is -1.53. The lowest BCUT2D eigenvalue weighted by Crippen LogP contribution is -2.70. The van der Waals surface area contributed by atoms with E-state index in [0.717, 1.165) is 19.6 Å². The van der Waals surface area contributed by atoms with Gasteiger partial charge in [0.2, 0.25) is 0 Å². The van der Waals surface area contributed by atoms with Crippen molar-refractivity contribution in [3.63, 3.8) is 0 Å². The minimum absolute atomic E-state index is 0.0704. The minimum Gasteiger partial charge on any atom is -0.444 e. The van der Waals surface area contributed by atoms with E-state index >= 15 is 0 Å². The molecule has 1 aliphatic heterocycles. The van der Waals surface area contributed by atoms with Gasteiger partial charge in [0.25, 0.3) is 0 Å². The fraction of sp³-hybridized carbons (Fsp3) is 0.706. The highest BCUT2D eigenvalue weighted by atomic mass is 16.6. The van der Waals surface area contributed by atoms with E-state index in [1.54, 1.807) is 0 Å². The number of ether oxygens (including phenoxy) is 2. The number of hydrogen-bond donors (Lipinski definition) is 2. The molecule has 1 saturated carbocycles. The third kappa shape index (κ3) is 3.70. The first-order chi connectivity index (χ1) is 10.8. The molecule has 0 spiro atoms. The van der Waals surface area contributed by atoms with Gasteiger partial charge < -0.3 is 24.7 Å². The number of aryl methyl sites for hydroxylation is 1. The van der Waals surface area contributed by atoms with Crippen molar-refractivity contribution in [2.45, 2.75) is 57.5 Å². The predicted octanol–water partition coefficient (Wildman–Crippen LogP) is 1.80. The van der Waals surface area contributed by atoms with Crippen molar-refractivity contribution in [2.75, 3.05) is 6.61 Å². The normalized spacial score (nSPS) is 29.7. The molecular formula is C17H27N3O3. The Labute approximate surface area is 137 Å². The van der Waals surface area contributed by atoms with Crippen LogP contribution in [0, 0.1) is 5.92 Å². The van der Waals surface area contributed by atoms with E-state index in [9.17, 15) is 4.79 Å². The second-order valence-electron chi connectivity index (χ2n) is 7.55. The first kappa shape index (κ1) is 16.3. The monoisotopic (exact) mass is 321 g/mol. The van der Waals surface area contributed by atoms with E-state index in [1.807, 2.05) is 38.6 Å². The molecule has 6 heteroatoms. The minimum atomic E-state index is -0.480. The van der Waals surface area contributed by atoms with Gasteiger partial charge in [0.1, 0.15) is 5.60 Å². The Kier molecular flexibility index (Phi) is 4.38. The number of carbonyl (C=O) groups is 1. The van der Waals surface area contributed by atoms with Gasteiger partial charge in [-0.2, -0.15) is 0 Å². The van der Waals surface area contributed by atoms with Gasteiger partial charge >= 0.3 is 6.09 Å². The van der Waals surface area contributed by atoms with Crippen LogP contribution in [-0.4, -0.2) is 41.1 Å². The van der Waals surface area contributed by atoms with Gasteiger partial charge in [-0.1, -0.05) is 0 Å². The summed E-state index contributed by atoms with van der Waals surface area (Å²) in [6.07, 6.45) is 4.96. The number of fused-ring (bicyclic) bond motifs is 1. The third-order valence-electron chi connectivity index (χ3n) is 4.50. The molecule has 2 fully saturated rings. The highest BCUT2D eigenvalue weighted by molar-refractivity contribution is 5.68. The van der Waals surface area contributed by atoms with Crippen molar-refractivity contribution in [1.29, 1.82) is 0 Å². The number of nitrogens with one attached hydrogen (secondary N) is 2. The quantitative estimate of drug-likeness (QED) is 0.887. The summed E-state index contributed by atoms with van der Waals surface area (Å²) in [5.41, 5.74) is 0.747. The molecular weight excluding hydrogens is 294 g/mol. The predicted molar refractivity (Wildman–Crippen MR) is 87.0 cm³/mol. The Morgan fingerprint density at radius 2 is 2.22 bits per heavy atom. The maximum atomic E-state index is 12.1. The molecule has 23 heavy (non-hydrogen) atoms. The number of alkyl carbamates (subject to hydrolysis) is 1. The van der Waals surface area contributed by atoms with Crippen molar-refractivity contribution in [2.24, 2.45) is 13.0 Å². The van der Waals surface area contributed by atoms with Gasteiger partial charge in [-0.05, 0) is 38.8 Å². The fourth-order valence-electron chi connectivity index (χ4n) is 3.49. The first-order valence-electron chi connectivity index (χ1n) is 8.29. The first-order valence-corrected chi connectivity index (χ1v) is 8.29. The van der Waals surface area contributed by atoms with E-state index in [0.29, 0.717) is 5.92 Å². The van der Waals surface area contributed by atoms with Crippen LogP contribution in [0.3, 0.4) is 0 Å². The SMILES string of the molecule is Cn1ccc(CNC2C(NC(=O)OC(C)(C)C)C3CCOC32)c1. The third-order valence-corrected chi connectivity index (χ3v) is 4.50. The lowest BCUT2D eigenvalue weighted by Gasteiger charge is -2.48. The molecule has 3 rings (SSSR count). The number of carbonyl (C=O) groups excluding carboxylic acids is 1. The van der Waals surface area contributed by atoms with Gasteiger partial charge in [-0.15, -0.1) is 0 Å². The van der Waals surface area contributed by atoms with Gasteiger partial charge in [0.05, 0.1) is 18.2 Å². The van der Waals surface area contributed by atoms with E-state index in [-0.39, 0.29) is 24.3 Å². The summed E-state index contributed by atoms with van der Waals surface area (Å²) in [6.45, 7) is 7.16. The molecule has 2 N–H and O–H groups in total. The van der Waals surface area contributed by atoms with E-state index in [4.69, 9.17) is 9.47 Å². The largest absolute Gasteiger partial charge is 0.444 e. The van der Waals surface area contributed by atoms with Crippen LogP contribution in [0.15, 0.2) is 18.5 Å². The topological polar surface area (TPSA) is 64.5 Å². The van der Waals surface area contributed by atoms with Gasteiger partial charge in [0, 0.05) is 38.5 Å². The summed E-state index contributed by atoms with van der Waals surface area (Å²) in [5.74, 6) is 0.385. The molecule has 1 aliphatic carbocycles. The smallest absolute Gasteiger partial charge is 0.407 e. The zero-order chi connectivity index (χ0) is 16.6. The molecule has 0 bridgehead atoms. The number of aromatic nitrogens is 1. The maximum Gasteiger partial charge on any atom is 0.407 e. The fourth-order valence-corrected chi connectivity index (χ4v) is 3.49. The van der Waals surface area contributed by atoms with Crippen molar-refractivity contribution >= 4 is 6.09 Å². The lowest BCUT2D eigenvalue weighted by molar-refractivity contribution is -0.0344. The molecule has 1 amide bonds. The number of hydrogen-bond acceptors (Lipinski definition) is 4. The molecule has 1 aromatic heterocycles. The summed E-state index contributed by atoms with van der Waals surface area (Å²) in [6, 6.07) is 2.30. The Morgan fingerprint density at radius 3 is 2.87 bits per heavy atom. The Bertz CT molecular complexity index is 564. The molecule has 6 nitrogen and oxygen atoms in total. The summed E-state index contributed by atoms with van der Waals surface area (Å²) in [5, 5.41) is 6.56. The lowest BCUT2D eigenvalue weighted by atomic mass is 9.71. The maximum absolute atomic E-state index is 12.1. The van der Waals surface area contributed by atoms with Crippen LogP contribution >= 0.6 is 0 Å². The van der Waals surface area contributed by atoms with Crippen molar-refractivity contribution in [3.8, 4) is 0 Å². The second-order valence-corrected chi connectivity index (χ2v) is 7.55. The highest BCUT2D eigenvalue weighted by Gasteiger charge is 2.54. The van der Waals surface area contributed by atoms with Crippen LogP contribution in [0.4, 0.5) is 4.79 Å². The average molecular weight is 321 g/mol. The van der Waals surface area contributed by atoms with Crippen molar-refractivity contribution in [3.05, 3.63) is 24.0 Å². The molecule has 2 heterocycles. The van der Waals surface area contributed by atoms with Crippen molar-refractivity contribution in [1.82, 2.24) is 15.2 Å². The van der Waals surface area contributed by atoms with Crippen LogP contribution in [-0.2, 0) is 23.1 Å². The number of rotatable bonds is 4. The zero-order valence-corrected chi connectivity index (χ0v) is 14.3. The summed E-state index contributed by atoms with van der Waals surface area (Å²) < 4.78 is 13.2. The standard InChI is InChI=1S/C17H27N3O3/c1-17(2,3)23-16(21)19-13-12-6-8-22-15(12)14(13)18-9-11-5-7-20(4)10-11/h5,7,10,12-15,18H,6,8-9H2,1-4H3,(H,19,21). The van der Waals surface area contributed by atoms with Gasteiger partial charge in [0.15, 0.2) is 0 Å². The van der Waals surface area contributed by atoms with Crippen LogP contribution in [0.5, 0.6) is 0 Å². The summed E-state index contributed by atoms with van der Waals surface area (Å²) in [7, 11) is 2.01. The zero-order valence-electron chi connectivity index (χ0n) is 14.3. The van der Waals surface area contributed by atoms with Crippen LogP contribution in [0.2, 0.25) is 0 Å². The molecule has 1 saturated heterocycles. The van der Waals surface area contributed by atoms with E-state index < -0.39 is 5.60 Å². The molecule has 0 radical (unpaired) electrons. The van der Waals surface area contributed by atoms with Crippen LogP contribution in [0.1, 0.15) is 32.8 Å². The van der Waals surface area contributed by atoms with Gasteiger partial charge in [-0.25, -0.2) is 4.79 Å². The molecule has 4 unspecified atom stereocenters. The average Bonchev–Trinajstić information content (AvgIpc) is 3.02. The Morgan fingerprint density at radius 1 is 1.43 bits per heavy atom. The van der Waals surface area contributed by atoms with Gasteiger partial charge in [-0.3, -0.25) is 0 Å². The number of nitrogens with zero attached hydrogens (tertiary/aromatic N) is 1. The second kappa shape index (κ2) is 6.17. The summed E-state index contributed by atoms with van der Waals surface area (Å²) in [4.78, 5) is 12.1. The molecule has 2 aliphatic rings.